The summed E-state index contributed by atoms with van der Waals surface area (Å²) in [5.41, 5.74) is 5.64. The number of nitrogens with zero attached hydrogens (tertiary/aromatic N) is 2. The molecule has 1 saturated heterocycles. The van der Waals surface area contributed by atoms with Crippen LogP contribution in [0.5, 0.6) is 0 Å². The van der Waals surface area contributed by atoms with Gasteiger partial charge in [0.05, 0.1) is 4.99 Å². The standard InChI is InChI=1S/C11H23N3S/c1-8(11(12)15)5-14-6-9(2)13(4)10(3)7-14/h8-10H,5-7H2,1-4H3,(H2,12,15). The second-order valence-electron chi connectivity index (χ2n) is 4.89. The van der Waals surface area contributed by atoms with E-state index in [9.17, 15) is 0 Å². The summed E-state index contributed by atoms with van der Waals surface area (Å²) in [6, 6.07) is 1.24. The summed E-state index contributed by atoms with van der Waals surface area (Å²) >= 11 is 5.01. The minimum atomic E-state index is 0.322. The number of piperazine rings is 1. The molecule has 0 aromatic carbocycles. The first-order valence-corrected chi connectivity index (χ1v) is 6.06. The molecule has 0 bridgehead atoms. The third-order valence-electron chi connectivity index (χ3n) is 3.45. The summed E-state index contributed by atoms with van der Waals surface area (Å²) in [6.45, 7) is 9.89. The topological polar surface area (TPSA) is 32.5 Å². The normalized spacial score (nSPS) is 31.5. The van der Waals surface area contributed by atoms with Gasteiger partial charge >= 0.3 is 0 Å². The van der Waals surface area contributed by atoms with Crippen LogP contribution >= 0.6 is 12.2 Å². The number of hydrogen-bond acceptors (Lipinski definition) is 3. The van der Waals surface area contributed by atoms with E-state index in [4.69, 9.17) is 18.0 Å². The van der Waals surface area contributed by atoms with E-state index in [0.29, 0.717) is 23.0 Å². The molecule has 15 heavy (non-hydrogen) atoms. The fourth-order valence-corrected chi connectivity index (χ4v) is 2.21. The van der Waals surface area contributed by atoms with Gasteiger partial charge in [-0.25, -0.2) is 0 Å². The Bertz CT molecular complexity index is 220. The predicted octanol–water partition coefficient (Wildman–Crippen LogP) is 0.933. The molecule has 3 unspecified atom stereocenters. The molecule has 0 aromatic heterocycles. The van der Waals surface area contributed by atoms with Gasteiger partial charge in [-0.15, -0.1) is 0 Å². The van der Waals surface area contributed by atoms with Crippen molar-refractivity contribution in [2.45, 2.75) is 32.9 Å². The summed E-state index contributed by atoms with van der Waals surface area (Å²) in [7, 11) is 2.20. The molecule has 3 atom stereocenters. The van der Waals surface area contributed by atoms with Crippen LogP contribution in [0, 0.1) is 5.92 Å². The lowest BCUT2D eigenvalue weighted by Crippen LogP contribution is -2.56. The van der Waals surface area contributed by atoms with E-state index >= 15 is 0 Å². The first-order valence-electron chi connectivity index (χ1n) is 5.65. The molecule has 0 amide bonds. The number of rotatable bonds is 3. The average molecular weight is 229 g/mol. The largest absolute Gasteiger partial charge is 0.393 e. The van der Waals surface area contributed by atoms with Crippen LogP contribution in [0.25, 0.3) is 0 Å². The lowest BCUT2D eigenvalue weighted by atomic mass is 10.1. The van der Waals surface area contributed by atoms with Gasteiger partial charge in [0.1, 0.15) is 0 Å². The monoisotopic (exact) mass is 229 g/mol. The molecular weight excluding hydrogens is 206 g/mol. The van der Waals surface area contributed by atoms with E-state index in [2.05, 4.69) is 37.6 Å². The average Bonchev–Trinajstić information content (AvgIpc) is 2.13. The molecule has 1 rings (SSSR count). The number of hydrogen-bond donors (Lipinski definition) is 1. The Morgan fingerprint density at radius 1 is 1.40 bits per heavy atom. The first kappa shape index (κ1) is 12.9. The summed E-state index contributed by atoms with van der Waals surface area (Å²) in [4.78, 5) is 5.54. The van der Waals surface area contributed by atoms with Crippen molar-refractivity contribution in [3.63, 3.8) is 0 Å². The van der Waals surface area contributed by atoms with Crippen molar-refractivity contribution in [3.05, 3.63) is 0 Å². The molecule has 4 heteroatoms. The molecule has 0 aromatic rings. The zero-order chi connectivity index (χ0) is 11.6. The van der Waals surface area contributed by atoms with Crippen molar-refractivity contribution in [2.75, 3.05) is 26.7 Å². The van der Waals surface area contributed by atoms with Gasteiger partial charge in [-0.3, -0.25) is 9.80 Å². The molecule has 3 nitrogen and oxygen atoms in total. The number of likely N-dealkylation sites (N-methyl/N-ethyl adjacent to an activating group) is 1. The van der Waals surface area contributed by atoms with Gasteiger partial charge in [-0.1, -0.05) is 19.1 Å². The Balaban J connectivity index is 2.48. The highest BCUT2D eigenvalue weighted by Crippen LogP contribution is 2.14. The fraction of sp³-hybridized carbons (Fsp3) is 0.909. The zero-order valence-electron chi connectivity index (χ0n) is 10.2. The van der Waals surface area contributed by atoms with Gasteiger partial charge in [-0.05, 0) is 20.9 Å². The third-order valence-corrected chi connectivity index (χ3v) is 3.86. The van der Waals surface area contributed by atoms with E-state index in [1.165, 1.54) is 0 Å². The summed E-state index contributed by atoms with van der Waals surface area (Å²) < 4.78 is 0. The number of nitrogens with two attached hydrogens (primary N) is 1. The van der Waals surface area contributed by atoms with Crippen molar-refractivity contribution in [1.82, 2.24) is 9.80 Å². The van der Waals surface area contributed by atoms with Gasteiger partial charge in [0.15, 0.2) is 0 Å². The van der Waals surface area contributed by atoms with E-state index in [0.717, 1.165) is 19.6 Å². The molecule has 1 aliphatic heterocycles. The Kier molecular flexibility index (Phi) is 4.49. The van der Waals surface area contributed by atoms with Crippen LogP contribution in [0.4, 0.5) is 0 Å². The van der Waals surface area contributed by atoms with Crippen LogP contribution in [0.1, 0.15) is 20.8 Å². The molecule has 0 radical (unpaired) electrons. The van der Waals surface area contributed by atoms with Crippen LogP contribution in [0.2, 0.25) is 0 Å². The van der Waals surface area contributed by atoms with Crippen molar-refractivity contribution < 1.29 is 0 Å². The Labute approximate surface area is 98.6 Å². The summed E-state index contributed by atoms with van der Waals surface area (Å²) in [5, 5.41) is 0. The molecule has 1 fully saturated rings. The second kappa shape index (κ2) is 5.23. The third kappa shape index (κ3) is 3.40. The SMILES string of the molecule is CC(CN1CC(C)N(C)C(C)C1)C(N)=S. The molecule has 0 saturated carbocycles. The Morgan fingerprint density at radius 2 is 1.87 bits per heavy atom. The molecule has 2 N–H and O–H groups in total. The maximum atomic E-state index is 5.64. The smallest absolute Gasteiger partial charge is 0.0768 e. The number of thiocarbonyl (C=S) groups is 1. The minimum Gasteiger partial charge on any atom is -0.393 e. The van der Waals surface area contributed by atoms with Gasteiger partial charge in [-0.2, -0.15) is 0 Å². The molecule has 88 valence electrons. The van der Waals surface area contributed by atoms with E-state index in [-0.39, 0.29) is 0 Å². The van der Waals surface area contributed by atoms with Gasteiger partial charge in [0.25, 0.3) is 0 Å². The van der Waals surface area contributed by atoms with Crippen LogP contribution in [-0.4, -0.2) is 53.6 Å². The predicted molar refractivity (Wildman–Crippen MR) is 69.1 cm³/mol. The van der Waals surface area contributed by atoms with Crippen molar-refractivity contribution in [1.29, 1.82) is 0 Å². The highest BCUT2D eigenvalue weighted by molar-refractivity contribution is 7.80. The van der Waals surface area contributed by atoms with Crippen LogP contribution in [0.3, 0.4) is 0 Å². The summed E-state index contributed by atoms with van der Waals surface area (Å²) in [5.74, 6) is 0.322. The Hall–Kier alpha value is -0.190. The van der Waals surface area contributed by atoms with Crippen LogP contribution < -0.4 is 5.73 Å². The first-order chi connectivity index (χ1) is 6.91. The molecular formula is C11H23N3S. The minimum absolute atomic E-state index is 0.322. The van der Waals surface area contributed by atoms with Crippen molar-refractivity contribution in [3.8, 4) is 0 Å². The quantitative estimate of drug-likeness (QED) is 0.730. The molecule has 0 aliphatic carbocycles. The maximum absolute atomic E-state index is 5.64. The van der Waals surface area contributed by atoms with E-state index in [1.807, 2.05) is 0 Å². The fourth-order valence-electron chi connectivity index (χ4n) is 2.14. The lowest BCUT2D eigenvalue weighted by Gasteiger charge is -2.43. The van der Waals surface area contributed by atoms with Gasteiger partial charge in [0, 0.05) is 37.6 Å². The zero-order valence-corrected chi connectivity index (χ0v) is 11.0. The summed E-state index contributed by atoms with van der Waals surface area (Å²) in [6.07, 6.45) is 0. The Morgan fingerprint density at radius 3 is 2.27 bits per heavy atom. The highest BCUT2D eigenvalue weighted by atomic mass is 32.1. The van der Waals surface area contributed by atoms with Gasteiger partial charge < -0.3 is 5.73 Å². The lowest BCUT2D eigenvalue weighted by molar-refractivity contribution is 0.0567. The highest BCUT2D eigenvalue weighted by Gasteiger charge is 2.27. The van der Waals surface area contributed by atoms with Gasteiger partial charge in [0.2, 0.25) is 0 Å². The van der Waals surface area contributed by atoms with Crippen LogP contribution in [0.15, 0.2) is 0 Å². The van der Waals surface area contributed by atoms with Crippen molar-refractivity contribution in [2.24, 2.45) is 11.7 Å². The second-order valence-corrected chi connectivity index (χ2v) is 5.36. The van der Waals surface area contributed by atoms with E-state index in [1.54, 1.807) is 0 Å². The maximum Gasteiger partial charge on any atom is 0.0768 e. The molecule has 0 spiro atoms. The molecule has 1 aliphatic rings. The van der Waals surface area contributed by atoms with Crippen LogP contribution in [-0.2, 0) is 0 Å². The molecule has 1 heterocycles. The van der Waals surface area contributed by atoms with E-state index < -0.39 is 0 Å². The van der Waals surface area contributed by atoms with Crippen molar-refractivity contribution >= 4 is 17.2 Å².